The predicted octanol–water partition coefficient (Wildman–Crippen LogP) is 1.27. The minimum Gasteiger partial charge on any atom is -0.478 e. The van der Waals surface area contributed by atoms with E-state index in [9.17, 15) is 14.4 Å². The van der Waals surface area contributed by atoms with Crippen LogP contribution in [0.25, 0.3) is 0 Å². The fourth-order valence-electron chi connectivity index (χ4n) is 1.31. The third-order valence-electron chi connectivity index (χ3n) is 2.68. The standard InChI is InChI=1S/C14H19N3O4/c1-8(16-13(21)14(2,3)4)11(18)17-10-6-5-9(7-15-10)12(19)20/h5-8H,1-4H3,(H,16,21)(H,19,20)(H,15,17,18). The number of nitrogens with one attached hydrogen (secondary N) is 2. The Morgan fingerprint density at radius 1 is 1.24 bits per heavy atom. The average Bonchev–Trinajstić information content (AvgIpc) is 2.37. The molecule has 114 valence electrons. The SMILES string of the molecule is CC(NC(=O)C(C)(C)C)C(=O)Nc1ccc(C(=O)O)cn1. The zero-order chi connectivity index (χ0) is 16.2. The summed E-state index contributed by atoms with van der Waals surface area (Å²) in [7, 11) is 0. The summed E-state index contributed by atoms with van der Waals surface area (Å²) in [6, 6.07) is 2.00. The zero-order valence-corrected chi connectivity index (χ0v) is 12.4. The summed E-state index contributed by atoms with van der Waals surface area (Å²) in [6.45, 7) is 6.81. The van der Waals surface area contributed by atoms with E-state index in [-0.39, 0.29) is 17.3 Å². The van der Waals surface area contributed by atoms with Gasteiger partial charge in [0.15, 0.2) is 0 Å². The highest BCUT2D eigenvalue weighted by Gasteiger charge is 2.25. The van der Waals surface area contributed by atoms with Crippen LogP contribution in [0.4, 0.5) is 5.82 Å². The van der Waals surface area contributed by atoms with Gasteiger partial charge in [0.25, 0.3) is 0 Å². The Bertz CT molecular complexity index is 546. The van der Waals surface area contributed by atoms with Crippen molar-refractivity contribution in [3.63, 3.8) is 0 Å². The Kier molecular flexibility index (Phi) is 5.02. The first-order chi connectivity index (χ1) is 9.61. The average molecular weight is 293 g/mol. The van der Waals surface area contributed by atoms with Gasteiger partial charge in [-0.15, -0.1) is 0 Å². The first-order valence-electron chi connectivity index (χ1n) is 6.42. The summed E-state index contributed by atoms with van der Waals surface area (Å²) in [6.07, 6.45) is 1.15. The molecule has 1 heterocycles. The van der Waals surface area contributed by atoms with Crippen LogP contribution in [0, 0.1) is 5.41 Å². The molecule has 3 N–H and O–H groups in total. The molecule has 1 rings (SSSR count). The molecule has 0 saturated heterocycles. The van der Waals surface area contributed by atoms with E-state index in [4.69, 9.17) is 5.11 Å². The summed E-state index contributed by atoms with van der Waals surface area (Å²) in [5.41, 5.74) is -0.558. The number of carboxylic acids is 1. The van der Waals surface area contributed by atoms with Crippen molar-refractivity contribution in [2.45, 2.75) is 33.7 Å². The van der Waals surface area contributed by atoms with Crippen molar-refractivity contribution >= 4 is 23.6 Å². The first-order valence-corrected chi connectivity index (χ1v) is 6.42. The Hall–Kier alpha value is -2.44. The molecule has 0 saturated carbocycles. The molecule has 0 bridgehead atoms. The van der Waals surface area contributed by atoms with Crippen LogP contribution in [-0.2, 0) is 9.59 Å². The smallest absolute Gasteiger partial charge is 0.337 e. The number of nitrogens with zero attached hydrogens (tertiary/aromatic N) is 1. The maximum absolute atomic E-state index is 11.9. The highest BCUT2D eigenvalue weighted by Crippen LogP contribution is 2.13. The van der Waals surface area contributed by atoms with E-state index in [0.717, 1.165) is 6.20 Å². The molecule has 0 aliphatic rings. The van der Waals surface area contributed by atoms with Crippen LogP contribution in [-0.4, -0.2) is 33.9 Å². The quantitative estimate of drug-likeness (QED) is 0.774. The van der Waals surface area contributed by atoms with Gasteiger partial charge in [-0.3, -0.25) is 9.59 Å². The lowest BCUT2D eigenvalue weighted by atomic mass is 9.95. The zero-order valence-electron chi connectivity index (χ0n) is 12.4. The molecule has 0 fully saturated rings. The molecule has 0 aliphatic heterocycles. The van der Waals surface area contributed by atoms with Crippen molar-refractivity contribution in [1.82, 2.24) is 10.3 Å². The Balaban J connectivity index is 2.64. The second kappa shape index (κ2) is 6.34. The predicted molar refractivity (Wildman–Crippen MR) is 76.9 cm³/mol. The lowest BCUT2D eigenvalue weighted by Crippen LogP contribution is -2.46. The van der Waals surface area contributed by atoms with Crippen molar-refractivity contribution in [2.75, 3.05) is 5.32 Å². The van der Waals surface area contributed by atoms with Gasteiger partial charge < -0.3 is 15.7 Å². The number of hydrogen-bond acceptors (Lipinski definition) is 4. The van der Waals surface area contributed by atoms with E-state index < -0.39 is 23.3 Å². The number of rotatable bonds is 4. The molecule has 1 aromatic heterocycles. The number of hydrogen-bond donors (Lipinski definition) is 3. The van der Waals surface area contributed by atoms with Gasteiger partial charge in [-0.2, -0.15) is 0 Å². The molecule has 1 aromatic rings. The van der Waals surface area contributed by atoms with Crippen LogP contribution in [0.3, 0.4) is 0 Å². The minimum absolute atomic E-state index is 0.0297. The maximum Gasteiger partial charge on any atom is 0.337 e. The normalized spacial score (nSPS) is 12.4. The van der Waals surface area contributed by atoms with Crippen molar-refractivity contribution in [3.05, 3.63) is 23.9 Å². The van der Waals surface area contributed by atoms with Gasteiger partial charge in [0.1, 0.15) is 11.9 Å². The van der Waals surface area contributed by atoms with Gasteiger partial charge in [-0.25, -0.2) is 9.78 Å². The molecular formula is C14H19N3O4. The largest absolute Gasteiger partial charge is 0.478 e. The highest BCUT2D eigenvalue weighted by atomic mass is 16.4. The number of carbonyl (C=O) groups excluding carboxylic acids is 2. The molecule has 7 nitrogen and oxygen atoms in total. The van der Waals surface area contributed by atoms with Crippen molar-refractivity contribution < 1.29 is 19.5 Å². The molecule has 7 heteroatoms. The molecule has 1 unspecified atom stereocenters. The van der Waals surface area contributed by atoms with E-state index in [1.54, 1.807) is 27.7 Å². The summed E-state index contributed by atoms with van der Waals surface area (Å²) >= 11 is 0. The molecule has 0 aliphatic carbocycles. The van der Waals surface area contributed by atoms with Crippen LogP contribution in [0.5, 0.6) is 0 Å². The number of amides is 2. The van der Waals surface area contributed by atoms with Crippen LogP contribution in [0.15, 0.2) is 18.3 Å². The summed E-state index contributed by atoms with van der Waals surface area (Å²) < 4.78 is 0. The van der Waals surface area contributed by atoms with Gasteiger partial charge >= 0.3 is 5.97 Å². The third kappa shape index (κ3) is 4.87. The second-order valence-corrected chi connectivity index (χ2v) is 5.67. The molecule has 0 aromatic carbocycles. The molecule has 0 radical (unpaired) electrons. The third-order valence-corrected chi connectivity index (χ3v) is 2.68. The number of aromatic nitrogens is 1. The molecule has 21 heavy (non-hydrogen) atoms. The monoisotopic (exact) mass is 293 g/mol. The van der Waals surface area contributed by atoms with E-state index in [2.05, 4.69) is 15.6 Å². The Labute approximate surface area is 122 Å². The lowest BCUT2D eigenvalue weighted by Gasteiger charge is -2.21. The van der Waals surface area contributed by atoms with Crippen molar-refractivity contribution in [2.24, 2.45) is 5.41 Å². The Morgan fingerprint density at radius 2 is 1.86 bits per heavy atom. The first kappa shape index (κ1) is 16.6. The number of pyridine rings is 1. The minimum atomic E-state index is -1.09. The maximum atomic E-state index is 11.9. The van der Waals surface area contributed by atoms with Gasteiger partial charge in [0.05, 0.1) is 5.56 Å². The van der Waals surface area contributed by atoms with Gasteiger partial charge in [-0.1, -0.05) is 20.8 Å². The topological polar surface area (TPSA) is 108 Å². The fraction of sp³-hybridized carbons (Fsp3) is 0.429. The fourth-order valence-corrected chi connectivity index (χ4v) is 1.31. The second-order valence-electron chi connectivity index (χ2n) is 5.67. The number of carboxylic acid groups (broad SMARTS) is 1. The summed E-state index contributed by atoms with van der Waals surface area (Å²) in [4.78, 5) is 38.2. The van der Waals surface area contributed by atoms with Crippen molar-refractivity contribution in [1.29, 1.82) is 0 Å². The van der Waals surface area contributed by atoms with E-state index in [1.807, 2.05) is 0 Å². The van der Waals surface area contributed by atoms with E-state index in [1.165, 1.54) is 12.1 Å². The summed E-state index contributed by atoms with van der Waals surface area (Å²) in [5, 5.41) is 13.8. The highest BCUT2D eigenvalue weighted by molar-refractivity contribution is 5.97. The van der Waals surface area contributed by atoms with E-state index >= 15 is 0 Å². The van der Waals surface area contributed by atoms with Crippen LogP contribution < -0.4 is 10.6 Å². The van der Waals surface area contributed by atoms with Gasteiger partial charge in [0.2, 0.25) is 11.8 Å². The lowest BCUT2D eigenvalue weighted by molar-refractivity contribution is -0.131. The molecule has 0 spiro atoms. The Morgan fingerprint density at radius 3 is 2.29 bits per heavy atom. The van der Waals surface area contributed by atoms with E-state index in [0.29, 0.717) is 0 Å². The summed E-state index contributed by atoms with van der Waals surface area (Å²) in [5.74, 6) is -1.53. The van der Waals surface area contributed by atoms with Gasteiger partial charge in [0, 0.05) is 11.6 Å². The number of carbonyl (C=O) groups is 3. The van der Waals surface area contributed by atoms with Gasteiger partial charge in [-0.05, 0) is 19.1 Å². The molecule has 2 amide bonds. The van der Waals surface area contributed by atoms with Crippen LogP contribution in [0.2, 0.25) is 0 Å². The van der Waals surface area contributed by atoms with Crippen molar-refractivity contribution in [3.8, 4) is 0 Å². The van der Waals surface area contributed by atoms with Crippen LogP contribution >= 0.6 is 0 Å². The number of aromatic carboxylic acids is 1. The molecular weight excluding hydrogens is 274 g/mol. The number of anilines is 1. The van der Waals surface area contributed by atoms with Crippen LogP contribution in [0.1, 0.15) is 38.1 Å². The molecule has 1 atom stereocenters.